The average Bonchev–Trinajstić information content (AvgIpc) is 2.13. The van der Waals surface area contributed by atoms with Crippen LogP contribution in [0.15, 0.2) is 36.0 Å². The fraction of sp³-hybridized carbons (Fsp3) is 0. The van der Waals surface area contributed by atoms with Crippen LogP contribution in [-0.4, -0.2) is 22.0 Å². The highest BCUT2D eigenvalue weighted by Gasteiger charge is 2.10. The second kappa shape index (κ2) is 3.17. The van der Waals surface area contributed by atoms with E-state index in [0.717, 1.165) is 0 Å². The lowest BCUT2D eigenvalue weighted by Gasteiger charge is -1.92. The van der Waals surface area contributed by atoms with Crippen molar-refractivity contribution in [3.8, 4) is 0 Å². The molecule has 2 nitrogen and oxygen atoms in total. The molecule has 10 heavy (non-hydrogen) atoms. The maximum absolute atomic E-state index is 10.2. The van der Waals surface area contributed by atoms with Gasteiger partial charge in [-0.3, -0.25) is 0 Å². The molecule has 0 unspecified atom stereocenters. The molecule has 54 valence electrons. The molecule has 0 radical (unpaired) electrons. The molecule has 0 bridgehead atoms. The predicted octanol–water partition coefficient (Wildman–Crippen LogP) is -0.328. The molecule has 0 fully saturated rings. The van der Waals surface area contributed by atoms with E-state index in [1.165, 1.54) is 6.08 Å². The summed E-state index contributed by atoms with van der Waals surface area (Å²) in [7, 11) is 0. The minimum absolute atomic E-state index is 0. The van der Waals surface area contributed by atoms with E-state index in [1.54, 1.807) is 12.2 Å². The van der Waals surface area contributed by atoms with Crippen molar-refractivity contribution >= 4 is 16.9 Å². The molecule has 0 spiro atoms. The molecule has 1 aliphatic carbocycles. The van der Waals surface area contributed by atoms with E-state index in [0.29, 0.717) is 5.57 Å². The summed E-state index contributed by atoms with van der Waals surface area (Å²) in [6.45, 7) is 3.52. The lowest BCUT2D eigenvalue weighted by Crippen LogP contribution is -1.98. The Hall–Kier alpha value is -1.09. The van der Waals surface area contributed by atoms with Gasteiger partial charge in [0.2, 0.25) is 0 Å². The third-order valence-corrected chi connectivity index (χ3v) is 1.14. The first kappa shape index (κ1) is 8.91. The number of hydrogen-bond donors (Lipinski definition) is 1. The molecule has 1 N–H and O–H groups in total. The van der Waals surface area contributed by atoms with Crippen LogP contribution in [0.5, 0.6) is 0 Å². The van der Waals surface area contributed by atoms with Crippen LogP contribution in [0.4, 0.5) is 0 Å². The van der Waals surface area contributed by atoms with Crippen LogP contribution in [0, 0.1) is 0 Å². The van der Waals surface area contributed by atoms with E-state index >= 15 is 0 Å². The van der Waals surface area contributed by atoms with E-state index in [1.807, 2.05) is 0 Å². The maximum atomic E-state index is 10.2. The standard InChI is InChI=1S/C7H6O2.H4Si/c1-5-3-2-4-6(5)7(8)9;/h2-4H,1H2,(H,8,9);1H4. The highest BCUT2D eigenvalue weighted by atomic mass is 28.1. The van der Waals surface area contributed by atoms with Crippen LogP contribution < -0.4 is 0 Å². The Kier molecular flexibility index (Phi) is 2.82. The van der Waals surface area contributed by atoms with Crippen molar-refractivity contribution in [2.75, 3.05) is 0 Å². The van der Waals surface area contributed by atoms with Crippen molar-refractivity contribution < 1.29 is 9.90 Å². The summed E-state index contributed by atoms with van der Waals surface area (Å²) in [5, 5.41) is 8.41. The van der Waals surface area contributed by atoms with Crippen LogP contribution in [0.3, 0.4) is 0 Å². The van der Waals surface area contributed by atoms with Gasteiger partial charge in [-0.15, -0.1) is 0 Å². The second-order valence-electron chi connectivity index (χ2n) is 1.77. The maximum Gasteiger partial charge on any atom is 0.336 e. The molecule has 1 rings (SSSR count). The number of aliphatic carboxylic acids is 1. The summed E-state index contributed by atoms with van der Waals surface area (Å²) in [5.41, 5.74) is 0.859. The minimum Gasteiger partial charge on any atom is -0.478 e. The molecule has 0 aromatic carbocycles. The third kappa shape index (κ3) is 1.45. The zero-order valence-electron chi connectivity index (χ0n) is 4.79. The molecular formula is C7H10O2Si. The van der Waals surface area contributed by atoms with Gasteiger partial charge in [-0.1, -0.05) is 18.7 Å². The van der Waals surface area contributed by atoms with Gasteiger partial charge < -0.3 is 5.11 Å². The first-order valence-corrected chi connectivity index (χ1v) is 2.53. The fourth-order valence-electron chi connectivity index (χ4n) is 0.666. The molecule has 0 amide bonds. The second-order valence-corrected chi connectivity index (χ2v) is 1.77. The van der Waals surface area contributed by atoms with Crippen molar-refractivity contribution in [1.82, 2.24) is 0 Å². The largest absolute Gasteiger partial charge is 0.478 e. The van der Waals surface area contributed by atoms with Gasteiger partial charge in [0.1, 0.15) is 0 Å². The Morgan fingerprint density at radius 2 is 2.20 bits per heavy atom. The van der Waals surface area contributed by atoms with Crippen molar-refractivity contribution in [3.05, 3.63) is 36.0 Å². The molecule has 0 saturated carbocycles. The normalized spacial score (nSPS) is 14.4. The topological polar surface area (TPSA) is 37.3 Å². The van der Waals surface area contributed by atoms with Gasteiger partial charge in [0.15, 0.2) is 0 Å². The third-order valence-electron chi connectivity index (χ3n) is 1.14. The van der Waals surface area contributed by atoms with Gasteiger partial charge in [0, 0.05) is 0 Å². The van der Waals surface area contributed by atoms with Crippen LogP contribution in [-0.2, 0) is 4.79 Å². The van der Waals surface area contributed by atoms with Crippen molar-refractivity contribution in [2.45, 2.75) is 0 Å². The number of hydrogen-bond acceptors (Lipinski definition) is 1. The van der Waals surface area contributed by atoms with Crippen LogP contribution in [0.2, 0.25) is 0 Å². The highest BCUT2D eigenvalue weighted by molar-refractivity contribution is 5.94. The van der Waals surface area contributed by atoms with E-state index in [4.69, 9.17) is 5.11 Å². The van der Waals surface area contributed by atoms with Gasteiger partial charge in [0.05, 0.1) is 5.57 Å². The molecule has 0 aliphatic heterocycles. The Labute approximate surface area is 63.6 Å². The van der Waals surface area contributed by atoms with Crippen LogP contribution in [0.25, 0.3) is 0 Å². The molecule has 0 atom stereocenters. The number of allylic oxidation sites excluding steroid dienone is 3. The number of carboxylic acid groups (broad SMARTS) is 1. The number of carboxylic acids is 1. The minimum atomic E-state index is -0.912. The van der Waals surface area contributed by atoms with Crippen molar-refractivity contribution in [3.63, 3.8) is 0 Å². The van der Waals surface area contributed by atoms with Crippen molar-refractivity contribution in [1.29, 1.82) is 0 Å². The Balaban J connectivity index is 0.000000810. The average molecular weight is 154 g/mol. The van der Waals surface area contributed by atoms with Gasteiger partial charge >= 0.3 is 5.97 Å². The summed E-state index contributed by atoms with van der Waals surface area (Å²) in [4.78, 5) is 10.2. The molecule has 1 aliphatic rings. The quantitative estimate of drug-likeness (QED) is 0.525. The zero-order valence-corrected chi connectivity index (χ0v) is 4.79. The lowest BCUT2D eigenvalue weighted by molar-refractivity contribution is -0.132. The van der Waals surface area contributed by atoms with E-state index < -0.39 is 5.97 Å². The predicted molar refractivity (Wildman–Crippen MR) is 45.3 cm³/mol. The molecule has 0 aromatic rings. The Bertz CT molecular complexity index is 226. The summed E-state index contributed by atoms with van der Waals surface area (Å²) in [6.07, 6.45) is 4.87. The Morgan fingerprint density at radius 1 is 1.60 bits per heavy atom. The molecule has 0 saturated heterocycles. The fourth-order valence-corrected chi connectivity index (χ4v) is 0.666. The SMILES string of the molecule is C=C1C=CC=C1C(=O)O.[SiH4]. The van der Waals surface area contributed by atoms with Crippen LogP contribution in [0.1, 0.15) is 0 Å². The van der Waals surface area contributed by atoms with Gasteiger partial charge in [-0.2, -0.15) is 0 Å². The van der Waals surface area contributed by atoms with E-state index in [9.17, 15) is 4.79 Å². The van der Waals surface area contributed by atoms with Crippen LogP contribution >= 0.6 is 0 Å². The molecule has 0 heterocycles. The molecule has 0 aromatic heterocycles. The smallest absolute Gasteiger partial charge is 0.336 e. The summed E-state index contributed by atoms with van der Waals surface area (Å²) >= 11 is 0. The summed E-state index contributed by atoms with van der Waals surface area (Å²) < 4.78 is 0. The van der Waals surface area contributed by atoms with Gasteiger partial charge in [-0.05, 0) is 22.6 Å². The van der Waals surface area contributed by atoms with E-state index in [-0.39, 0.29) is 16.5 Å². The number of rotatable bonds is 1. The van der Waals surface area contributed by atoms with E-state index in [2.05, 4.69) is 6.58 Å². The number of carbonyl (C=O) groups is 1. The van der Waals surface area contributed by atoms with Gasteiger partial charge in [-0.25, -0.2) is 4.79 Å². The van der Waals surface area contributed by atoms with Gasteiger partial charge in [0.25, 0.3) is 0 Å². The molecule has 3 heteroatoms. The first-order valence-electron chi connectivity index (χ1n) is 2.53. The molecular weight excluding hydrogens is 144 g/mol. The first-order chi connectivity index (χ1) is 4.22. The highest BCUT2D eigenvalue weighted by Crippen LogP contribution is 2.15. The Morgan fingerprint density at radius 3 is 2.40 bits per heavy atom. The van der Waals surface area contributed by atoms with Crippen molar-refractivity contribution in [2.24, 2.45) is 0 Å². The lowest BCUT2D eigenvalue weighted by atomic mass is 10.2. The monoisotopic (exact) mass is 154 g/mol. The summed E-state index contributed by atoms with van der Waals surface area (Å²) in [5.74, 6) is -0.912. The zero-order chi connectivity index (χ0) is 6.85. The summed E-state index contributed by atoms with van der Waals surface area (Å²) in [6, 6.07) is 0.